The van der Waals surface area contributed by atoms with E-state index in [0.29, 0.717) is 18.8 Å². The van der Waals surface area contributed by atoms with Crippen molar-refractivity contribution in [1.29, 1.82) is 5.26 Å². The smallest absolute Gasteiger partial charge is 0.163 e. The summed E-state index contributed by atoms with van der Waals surface area (Å²) < 4.78 is 1.75. The fourth-order valence-corrected chi connectivity index (χ4v) is 1.76. The number of hydrogen-bond donors (Lipinski definition) is 1. The van der Waals surface area contributed by atoms with Gasteiger partial charge in [0.25, 0.3) is 0 Å². The van der Waals surface area contributed by atoms with Gasteiger partial charge in [-0.15, -0.1) is 0 Å². The summed E-state index contributed by atoms with van der Waals surface area (Å²) in [6.45, 7) is 5.39. The first kappa shape index (κ1) is 12.3. The molecule has 2 rings (SSSR count). The molecule has 94 valence electrons. The van der Waals surface area contributed by atoms with Crippen molar-refractivity contribution in [3.8, 4) is 6.07 Å². The summed E-state index contributed by atoms with van der Waals surface area (Å²) in [5, 5.41) is 17.1. The highest BCUT2D eigenvalue weighted by atomic mass is 15.3. The molecule has 0 fully saturated rings. The highest BCUT2D eigenvalue weighted by Crippen LogP contribution is 2.20. The lowest BCUT2D eigenvalue weighted by molar-refractivity contribution is 0.642. The van der Waals surface area contributed by atoms with E-state index in [4.69, 9.17) is 5.26 Å². The van der Waals surface area contributed by atoms with E-state index < -0.39 is 0 Å². The molecule has 0 bridgehead atoms. The summed E-state index contributed by atoms with van der Waals surface area (Å²) in [7, 11) is 0. The first-order valence-corrected chi connectivity index (χ1v) is 6.07. The van der Waals surface area contributed by atoms with Gasteiger partial charge < -0.3 is 5.32 Å². The van der Waals surface area contributed by atoms with Gasteiger partial charge in [-0.2, -0.15) is 10.4 Å². The first-order chi connectivity index (χ1) is 8.76. The van der Waals surface area contributed by atoms with Crippen molar-refractivity contribution in [1.82, 2.24) is 19.7 Å². The number of fused-ring (bicyclic) bond motifs is 1. The van der Waals surface area contributed by atoms with E-state index in [1.54, 1.807) is 10.9 Å². The van der Waals surface area contributed by atoms with Crippen LogP contribution in [-0.2, 0) is 6.54 Å². The van der Waals surface area contributed by atoms with Crippen LogP contribution in [0.25, 0.3) is 11.0 Å². The fourth-order valence-electron chi connectivity index (χ4n) is 1.76. The minimum Gasteiger partial charge on any atom is -0.369 e. The number of hydrogen-bond acceptors (Lipinski definition) is 5. The lowest BCUT2D eigenvalue weighted by Gasteiger charge is -2.06. The Labute approximate surface area is 106 Å². The second kappa shape index (κ2) is 5.45. The van der Waals surface area contributed by atoms with Crippen molar-refractivity contribution in [2.45, 2.75) is 33.2 Å². The molecular formula is C12H16N6. The zero-order valence-corrected chi connectivity index (χ0v) is 10.6. The lowest BCUT2D eigenvalue weighted by atomic mass is 10.3. The molecule has 0 saturated carbocycles. The Bertz CT molecular complexity index is 580. The van der Waals surface area contributed by atoms with Gasteiger partial charge in [-0.3, -0.25) is 0 Å². The monoisotopic (exact) mass is 244 g/mol. The third-order valence-electron chi connectivity index (χ3n) is 2.59. The normalized spacial score (nSPS) is 10.5. The van der Waals surface area contributed by atoms with Crippen LogP contribution in [0.3, 0.4) is 0 Å². The van der Waals surface area contributed by atoms with Gasteiger partial charge in [0.05, 0.1) is 30.6 Å². The van der Waals surface area contributed by atoms with Gasteiger partial charge >= 0.3 is 0 Å². The molecule has 6 heteroatoms. The van der Waals surface area contributed by atoms with Crippen LogP contribution >= 0.6 is 0 Å². The molecule has 0 saturated heterocycles. The molecule has 0 radical (unpaired) electrons. The Balaban J connectivity index is 2.41. The molecule has 0 aliphatic rings. The van der Waals surface area contributed by atoms with Gasteiger partial charge in [-0.1, -0.05) is 6.92 Å². The van der Waals surface area contributed by atoms with Gasteiger partial charge in [0, 0.05) is 6.54 Å². The van der Waals surface area contributed by atoms with Gasteiger partial charge in [-0.25, -0.2) is 14.6 Å². The summed E-state index contributed by atoms with van der Waals surface area (Å²) >= 11 is 0. The van der Waals surface area contributed by atoms with E-state index in [1.807, 2.05) is 6.92 Å². The molecule has 0 aromatic carbocycles. The van der Waals surface area contributed by atoms with Crippen LogP contribution in [0.4, 0.5) is 5.82 Å². The highest BCUT2D eigenvalue weighted by Gasteiger charge is 2.10. The maximum atomic E-state index is 8.63. The molecule has 2 heterocycles. The Morgan fingerprint density at radius 3 is 3.00 bits per heavy atom. The molecule has 0 spiro atoms. The summed E-state index contributed by atoms with van der Waals surface area (Å²) in [4.78, 5) is 8.79. The van der Waals surface area contributed by atoms with E-state index in [-0.39, 0.29) is 0 Å². The van der Waals surface area contributed by atoms with Crippen LogP contribution in [0, 0.1) is 18.3 Å². The molecule has 0 atom stereocenters. The summed E-state index contributed by atoms with van der Waals surface area (Å²) in [5.41, 5.74) is 0.788. The number of anilines is 1. The maximum absolute atomic E-state index is 8.63. The van der Waals surface area contributed by atoms with Crippen molar-refractivity contribution >= 4 is 16.9 Å². The van der Waals surface area contributed by atoms with Crippen molar-refractivity contribution in [3.63, 3.8) is 0 Å². The molecule has 6 nitrogen and oxygen atoms in total. The Kier molecular flexibility index (Phi) is 3.72. The van der Waals surface area contributed by atoms with Crippen LogP contribution in [0.2, 0.25) is 0 Å². The van der Waals surface area contributed by atoms with Gasteiger partial charge in [0.15, 0.2) is 5.65 Å². The molecule has 0 amide bonds. The van der Waals surface area contributed by atoms with Gasteiger partial charge in [-0.05, 0) is 13.3 Å². The van der Waals surface area contributed by atoms with E-state index >= 15 is 0 Å². The molecule has 2 aromatic heterocycles. The average molecular weight is 244 g/mol. The number of nitrogens with zero attached hydrogens (tertiary/aromatic N) is 5. The van der Waals surface area contributed by atoms with Crippen LogP contribution in [-0.4, -0.2) is 26.3 Å². The second-order valence-electron chi connectivity index (χ2n) is 4.06. The van der Waals surface area contributed by atoms with Crippen LogP contribution in [0.15, 0.2) is 6.20 Å². The average Bonchev–Trinajstić information content (AvgIpc) is 2.76. The molecule has 18 heavy (non-hydrogen) atoms. The first-order valence-electron chi connectivity index (χ1n) is 6.07. The fraction of sp³-hybridized carbons (Fsp3) is 0.500. The van der Waals surface area contributed by atoms with Crippen molar-refractivity contribution in [3.05, 3.63) is 12.0 Å². The Morgan fingerprint density at radius 1 is 1.44 bits per heavy atom. The molecule has 0 aliphatic carbocycles. The predicted octanol–water partition coefficient (Wildman–Crippen LogP) is 1.87. The SMILES string of the molecule is CCCNc1nc(C)nc2c1cnn2CCC#N. The van der Waals surface area contributed by atoms with Crippen LogP contribution in [0.5, 0.6) is 0 Å². The minimum atomic E-state index is 0.428. The number of nitriles is 1. The van der Waals surface area contributed by atoms with Crippen molar-refractivity contribution in [2.75, 3.05) is 11.9 Å². The standard InChI is InChI=1S/C12H16N6/c1-3-6-14-11-10-8-15-18(7-4-5-13)12(10)17-9(2)16-11/h8H,3-4,6-7H2,1-2H3,(H,14,16,17). The number of rotatable bonds is 5. The quantitative estimate of drug-likeness (QED) is 0.868. The van der Waals surface area contributed by atoms with Crippen LogP contribution < -0.4 is 5.32 Å². The molecule has 0 unspecified atom stereocenters. The molecular weight excluding hydrogens is 228 g/mol. The van der Waals surface area contributed by atoms with E-state index in [1.165, 1.54) is 0 Å². The van der Waals surface area contributed by atoms with Crippen LogP contribution in [0.1, 0.15) is 25.6 Å². The van der Waals surface area contributed by atoms with E-state index in [9.17, 15) is 0 Å². The molecule has 2 aromatic rings. The number of aromatic nitrogens is 4. The third kappa shape index (κ3) is 2.40. The summed E-state index contributed by atoms with van der Waals surface area (Å²) in [6.07, 6.45) is 3.22. The zero-order chi connectivity index (χ0) is 13.0. The largest absolute Gasteiger partial charge is 0.369 e. The lowest BCUT2D eigenvalue weighted by Crippen LogP contribution is -2.06. The second-order valence-corrected chi connectivity index (χ2v) is 4.06. The minimum absolute atomic E-state index is 0.428. The third-order valence-corrected chi connectivity index (χ3v) is 2.59. The highest BCUT2D eigenvalue weighted by molar-refractivity contribution is 5.86. The van der Waals surface area contributed by atoms with Crippen molar-refractivity contribution in [2.24, 2.45) is 0 Å². The van der Waals surface area contributed by atoms with E-state index in [0.717, 1.165) is 29.8 Å². The summed E-state index contributed by atoms with van der Waals surface area (Å²) in [6, 6.07) is 2.11. The topological polar surface area (TPSA) is 79.4 Å². The Morgan fingerprint density at radius 2 is 2.28 bits per heavy atom. The number of aryl methyl sites for hydroxylation is 2. The summed E-state index contributed by atoms with van der Waals surface area (Å²) in [5.74, 6) is 1.53. The predicted molar refractivity (Wildman–Crippen MR) is 69.1 cm³/mol. The maximum Gasteiger partial charge on any atom is 0.163 e. The number of nitrogens with one attached hydrogen (secondary N) is 1. The molecule has 1 N–H and O–H groups in total. The van der Waals surface area contributed by atoms with E-state index in [2.05, 4.69) is 33.4 Å². The van der Waals surface area contributed by atoms with Crippen molar-refractivity contribution < 1.29 is 0 Å². The van der Waals surface area contributed by atoms with Gasteiger partial charge in [0.1, 0.15) is 11.6 Å². The van der Waals surface area contributed by atoms with Gasteiger partial charge in [0.2, 0.25) is 0 Å². The zero-order valence-electron chi connectivity index (χ0n) is 10.6. The Hall–Kier alpha value is -2.16. The molecule has 0 aliphatic heterocycles.